The van der Waals surface area contributed by atoms with E-state index in [-0.39, 0.29) is 0 Å². The zero-order valence-electron chi connectivity index (χ0n) is 31.3. The first kappa shape index (κ1) is 35.1. The Morgan fingerprint density at radius 2 is 0.814 bits per heavy atom. The number of benzene rings is 6. The molecule has 0 radical (unpaired) electrons. The van der Waals surface area contributed by atoms with Crippen molar-refractivity contribution in [3.8, 4) is 74.5 Å². The van der Waals surface area contributed by atoms with Gasteiger partial charge < -0.3 is 18.9 Å². The summed E-state index contributed by atoms with van der Waals surface area (Å²) in [4.78, 5) is 22.0. The molecule has 10 rings (SSSR count). The lowest BCUT2D eigenvalue weighted by atomic mass is 9.99. The molecule has 0 spiro atoms. The van der Waals surface area contributed by atoms with Crippen LogP contribution in [0.2, 0.25) is 0 Å². The third kappa shape index (κ3) is 7.37. The van der Waals surface area contributed by atoms with Crippen LogP contribution < -0.4 is 18.9 Å². The molecule has 0 atom stereocenters. The van der Waals surface area contributed by atoms with Crippen molar-refractivity contribution in [1.82, 2.24) is 29.5 Å². The molecule has 4 heterocycles. The number of hydrogen-bond acceptors (Lipinski definition) is 9. The highest BCUT2D eigenvalue weighted by molar-refractivity contribution is 6.13. The van der Waals surface area contributed by atoms with Gasteiger partial charge in [0.15, 0.2) is 0 Å². The van der Waals surface area contributed by atoms with Crippen molar-refractivity contribution in [2.45, 2.75) is 0 Å². The second-order valence-electron chi connectivity index (χ2n) is 13.4. The number of fused-ring (bicyclic) bond motifs is 3. The molecular formula is C49H32N6O4. The first-order valence-corrected chi connectivity index (χ1v) is 18.8. The maximum atomic E-state index is 6.78. The minimum atomic E-state index is 0.438. The van der Waals surface area contributed by atoms with E-state index in [0.29, 0.717) is 52.2 Å². The second-order valence-corrected chi connectivity index (χ2v) is 13.4. The fraction of sp³-hybridized carbons (Fsp3) is 0. The minimum absolute atomic E-state index is 0.438. The molecule has 0 aliphatic rings. The molecule has 59 heavy (non-hydrogen) atoms. The Labute approximate surface area is 338 Å². The zero-order valence-corrected chi connectivity index (χ0v) is 31.3. The highest BCUT2D eigenvalue weighted by Crippen LogP contribution is 2.45. The molecule has 10 nitrogen and oxygen atoms in total. The zero-order chi connectivity index (χ0) is 39.4. The molecule has 6 aromatic carbocycles. The van der Waals surface area contributed by atoms with Gasteiger partial charge in [0.05, 0.1) is 11.0 Å². The van der Waals surface area contributed by atoms with Crippen molar-refractivity contribution in [3.63, 3.8) is 0 Å². The van der Waals surface area contributed by atoms with E-state index in [9.17, 15) is 0 Å². The van der Waals surface area contributed by atoms with Crippen molar-refractivity contribution >= 4 is 21.8 Å². The summed E-state index contributed by atoms with van der Waals surface area (Å²) in [5, 5.41) is 1.93. The molecule has 0 fully saturated rings. The van der Waals surface area contributed by atoms with E-state index >= 15 is 0 Å². The Kier molecular flexibility index (Phi) is 9.30. The van der Waals surface area contributed by atoms with Gasteiger partial charge in [-0.3, -0.25) is 4.57 Å². The van der Waals surface area contributed by atoms with E-state index in [1.165, 1.54) is 12.7 Å². The van der Waals surface area contributed by atoms with Crippen molar-refractivity contribution in [1.29, 1.82) is 0 Å². The van der Waals surface area contributed by atoms with Crippen molar-refractivity contribution in [2.75, 3.05) is 0 Å². The molecule has 10 aromatic rings. The van der Waals surface area contributed by atoms with Crippen LogP contribution in [-0.4, -0.2) is 29.5 Å². The quantitative estimate of drug-likeness (QED) is 0.127. The van der Waals surface area contributed by atoms with E-state index in [1.807, 2.05) is 138 Å². The number of ether oxygens (including phenoxy) is 4. The number of pyridine rings is 2. The number of nitrogens with zero attached hydrogens (tertiary/aromatic N) is 6. The molecule has 0 aliphatic heterocycles. The highest BCUT2D eigenvalue weighted by Gasteiger charge is 2.22. The monoisotopic (exact) mass is 768 g/mol. The molecular weight excluding hydrogens is 737 g/mol. The summed E-state index contributed by atoms with van der Waals surface area (Å²) in [7, 11) is 0. The fourth-order valence-electron chi connectivity index (χ4n) is 7.00. The van der Waals surface area contributed by atoms with Crippen LogP contribution in [0.25, 0.3) is 50.0 Å². The van der Waals surface area contributed by atoms with Crippen LogP contribution in [0.5, 0.6) is 46.3 Å². The number of hydrogen-bond donors (Lipinski definition) is 0. The van der Waals surface area contributed by atoms with E-state index in [2.05, 4.69) is 61.3 Å². The largest absolute Gasteiger partial charge is 0.457 e. The van der Waals surface area contributed by atoms with Gasteiger partial charge in [0.1, 0.15) is 47.2 Å². The summed E-state index contributed by atoms with van der Waals surface area (Å²) in [6.45, 7) is 0. The number of aromatic nitrogens is 6. The van der Waals surface area contributed by atoms with Crippen LogP contribution in [0.3, 0.4) is 0 Å². The summed E-state index contributed by atoms with van der Waals surface area (Å²) < 4.78 is 27.7. The maximum Gasteiger partial charge on any atom is 0.237 e. The molecule has 10 heteroatoms. The van der Waals surface area contributed by atoms with Crippen LogP contribution in [-0.2, 0) is 0 Å². The molecule has 4 aromatic heterocycles. The van der Waals surface area contributed by atoms with Crippen molar-refractivity contribution in [2.24, 2.45) is 0 Å². The third-order valence-corrected chi connectivity index (χ3v) is 9.60. The lowest BCUT2D eigenvalue weighted by Crippen LogP contribution is -2.01. The Hall–Kier alpha value is -8.37. The highest BCUT2D eigenvalue weighted by atomic mass is 16.5. The summed E-state index contributed by atoms with van der Waals surface area (Å²) in [6.07, 6.45) is 6.37. The van der Waals surface area contributed by atoms with Gasteiger partial charge in [-0.05, 0) is 59.7 Å². The van der Waals surface area contributed by atoms with Gasteiger partial charge in [-0.2, -0.15) is 0 Å². The van der Waals surface area contributed by atoms with E-state index in [1.54, 1.807) is 12.4 Å². The normalized spacial score (nSPS) is 11.1. The Morgan fingerprint density at radius 3 is 1.25 bits per heavy atom. The summed E-state index contributed by atoms with van der Waals surface area (Å²) >= 11 is 0. The minimum Gasteiger partial charge on any atom is -0.457 e. The van der Waals surface area contributed by atoms with Gasteiger partial charge in [-0.15, -0.1) is 0 Å². The lowest BCUT2D eigenvalue weighted by Gasteiger charge is -2.14. The molecule has 0 saturated heterocycles. The van der Waals surface area contributed by atoms with E-state index in [0.717, 1.165) is 44.1 Å². The molecule has 282 valence electrons. The van der Waals surface area contributed by atoms with Crippen LogP contribution in [0, 0.1) is 0 Å². The average molecular weight is 769 g/mol. The molecule has 0 amide bonds. The van der Waals surface area contributed by atoms with Crippen LogP contribution in [0.15, 0.2) is 195 Å². The van der Waals surface area contributed by atoms with Gasteiger partial charge in [0.2, 0.25) is 17.7 Å². The van der Waals surface area contributed by atoms with Crippen molar-refractivity contribution < 1.29 is 18.9 Å². The third-order valence-electron chi connectivity index (χ3n) is 9.60. The van der Waals surface area contributed by atoms with Gasteiger partial charge in [0, 0.05) is 70.7 Å². The second kappa shape index (κ2) is 15.6. The van der Waals surface area contributed by atoms with Crippen LogP contribution in [0.4, 0.5) is 0 Å². The van der Waals surface area contributed by atoms with Gasteiger partial charge in [0.25, 0.3) is 0 Å². The first-order valence-electron chi connectivity index (χ1n) is 18.8. The average Bonchev–Trinajstić information content (AvgIpc) is 3.59. The van der Waals surface area contributed by atoms with Crippen LogP contribution in [0.1, 0.15) is 0 Å². The van der Waals surface area contributed by atoms with Gasteiger partial charge in [-0.1, -0.05) is 84.9 Å². The van der Waals surface area contributed by atoms with E-state index in [4.69, 9.17) is 18.9 Å². The lowest BCUT2D eigenvalue weighted by molar-refractivity contribution is 0.449. The molecule has 0 unspecified atom stereocenters. The van der Waals surface area contributed by atoms with E-state index < -0.39 is 0 Å². The Bertz CT molecular complexity index is 2850. The van der Waals surface area contributed by atoms with Crippen molar-refractivity contribution in [3.05, 3.63) is 195 Å². The van der Waals surface area contributed by atoms with Crippen LogP contribution >= 0.6 is 0 Å². The molecule has 0 aliphatic carbocycles. The summed E-state index contributed by atoms with van der Waals surface area (Å²) in [5.41, 5.74) is 5.42. The fourth-order valence-corrected chi connectivity index (χ4v) is 7.00. The Morgan fingerprint density at radius 1 is 0.373 bits per heavy atom. The topological polar surface area (TPSA) is 106 Å². The summed E-state index contributed by atoms with van der Waals surface area (Å²) in [5.74, 6) is 5.04. The predicted octanol–water partition coefficient (Wildman–Crippen LogP) is 12.3. The first-order chi connectivity index (χ1) is 29.2. The number of rotatable bonds is 11. The molecule has 0 bridgehead atoms. The standard InChI is InChI=1S/C49H32N6O4/c1-3-13-33(14-4-1)39-27-41-42-28-40(34-15-5-2-6-16-34)46(57-36-18-12-20-38(26-36)59-48-22-8-10-24-52-48)30-44(42)55(49-53-31-50-32-54-49)43(41)29-45(39)56-35-17-11-19-37(25-35)58-47-21-7-9-23-51-47/h1-32H. The Balaban J connectivity index is 1.16. The SMILES string of the molecule is c1ccc(-c2cc3c4cc(-c5ccccc5)c(Oc5cccc(Oc6ccccn6)c5)cc4n(-c4ncncn4)c3cc2Oc2cccc(Oc3ccccn3)c2)cc1. The smallest absolute Gasteiger partial charge is 0.237 e. The molecule has 0 saturated carbocycles. The van der Waals surface area contributed by atoms with Gasteiger partial charge in [-0.25, -0.2) is 24.9 Å². The maximum absolute atomic E-state index is 6.78. The summed E-state index contributed by atoms with van der Waals surface area (Å²) in [6, 6.07) is 54.9. The van der Waals surface area contributed by atoms with Gasteiger partial charge >= 0.3 is 0 Å². The predicted molar refractivity (Wildman–Crippen MR) is 227 cm³/mol. The molecule has 0 N–H and O–H groups in total.